The molecule has 9 heteroatoms. The van der Waals surface area contributed by atoms with Crippen molar-refractivity contribution in [1.29, 1.82) is 0 Å². The fraction of sp³-hybridized carbons (Fsp3) is 0.455. The largest absolute Gasteiger partial charge is 0.395 e. The predicted molar refractivity (Wildman–Crippen MR) is 78.1 cm³/mol. The van der Waals surface area contributed by atoms with E-state index in [1.54, 1.807) is 4.90 Å². The first-order valence-corrected chi connectivity index (χ1v) is 8.64. The van der Waals surface area contributed by atoms with Crippen molar-refractivity contribution in [3.63, 3.8) is 0 Å². The summed E-state index contributed by atoms with van der Waals surface area (Å²) in [6.45, 7) is 0.516. The van der Waals surface area contributed by atoms with Crippen LogP contribution in [0.2, 0.25) is 0 Å². The molecule has 0 aromatic heterocycles. The zero-order valence-electron chi connectivity index (χ0n) is 10.7. The lowest BCUT2D eigenvalue weighted by Crippen LogP contribution is -2.30. The first-order valence-electron chi connectivity index (χ1n) is 5.63. The molecule has 20 heavy (non-hydrogen) atoms. The number of nitrogens with zero attached hydrogens (tertiary/aromatic N) is 2. The summed E-state index contributed by atoms with van der Waals surface area (Å²) in [5, 5.41) is 20.3. The summed E-state index contributed by atoms with van der Waals surface area (Å²) in [5.74, 6) is 0. The van der Waals surface area contributed by atoms with E-state index in [-0.39, 0.29) is 18.0 Å². The standard InChI is InChI=1S/C11H14BrN2O5S/c1-20(18,19)11-8-9(14(16)17)2-3-10(11)13(5-4-12)6-7-15/h3,8,15H,4-7H2,1H3. The number of sulfone groups is 1. The Morgan fingerprint density at radius 1 is 1.50 bits per heavy atom. The molecular weight excluding hydrogens is 352 g/mol. The maximum absolute atomic E-state index is 11.8. The molecule has 0 aliphatic heterocycles. The zero-order chi connectivity index (χ0) is 15.3. The number of aliphatic hydroxyl groups excluding tert-OH is 1. The second-order valence-corrected chi connectivity index (χ2v) is 6.77. The van der Waals surface area contributed by atoms with Gasteiger partial charge in [0, 0.05) is 30.7 Å². The molecule has 0 aliphatic carbocycles. The molecule has 0 atom stereocenters. The molecule has 0 spiro atoms. The molecule has 0 fully saturated rings. The summed E-state index contributed by atoms with van der Waals surface area (Å²) < 4.78 is 23.6. The van der Waals surface area contributed by atoms with Gasteiger partial charge in [0.25, 0.3) is 5.69 Å². The van der Waals surface area contributed by atoms with E-state index in [0.717, 1.165) is 12.3 Å². The van der Waals surface area contributed by atoms with E-state index >= 15 is 0 Å². The van der Waals surface area contributed by atoms with E-state index in [1.165, 1.54) is 6.07 Å². The number of hydrogen-bond acceptors (Lipinski definition) is 6. The highest BCUT2D eigenvalue weighted by Gasteiger charge is 2.22. The van der Waals surface area contributed by atoms with Crippen molar-refractivity contribution < 1.29 is 18.4 Å². The molecule has 0 amide bonds. The SMILES string of the molecule is CS(=O)(=O)c1cc([N+](=O)[O-])[c]cc1N(CCO)CCBr. The lowest BCUT2D eigenvalue weighted by atomic mass is 10.2. The topological polar surface area (TPSA) is 101 Å². The second kappa shape index (κ2) is 7.00. The lowest BCUT2D eigenvalue weighted by molar-refractivity contribution is -0.385. The van der Waals surface area contributed by atoms with Crippen LogP contribution in [0, 0.1) is 16.2 Å². The highest BCUT2D eigenvalue weighted by molar-refractivity contribution is 9.09. The third-order valence-electron chi connectivity index (χ3n) is 2.54. The van der Waals surface area contributed by atoms with Crippen LogP contribution in [0.25, 0.3) is 0 Å². The van der Waals surface area contributed by atoms with Crippen LogP contribution in [-0.2, 0) is 9.84 Å². The number of hydrogen-bond donors (Lipinski definition) is 1. The minimum absolute atomic E-state index is 0.141. The number of rotatable bonds is 7. The maximum atomic E-state index is 11.8. The van der Waals surface area contributed by atoms with Crippen molar-refractivity contribution in [2.75, 3.05) is 36.2 Å². The van der Waals surface area contributed by atoms with E-state index in [9.17, 15) is 18.5 Å². The molecule has 7 nitrogen and oxygen atoms in total. The van der Waals surface area contributed by atoms with Crippen LogP contribution in [0.3, 0.4) is 0 Å². The predicted octanol–water partition coefficient (Wildman–Crippen LogP) is 0.992. The average Bonchev–Trinajstić information content (AvgIpc) is 2.36. The van der Waals surface area contributed by atoms with Gasteiger partial charge in [-0.15, -0.1) is 0 Å². The number of aliphatic hydroxyl groups is 1. The third kappa shape index (κ3) is 4.15. The Labute approximate surface area is 125 Å². The van der Waals surface area contributed by atoms with Gasteiger partial charge in [0.2, 0.25) is 0 Å². The Hall–Kier alpha value is -1.19. The molecule has 1 N–H and O–H groups in total. The molecule has 0 aliphatic rings. The minimum Gasteiger partial charge on any atom is -0.395 e. The van der Waals surface area contributed by atoms with Crippen molar-refractivity contribution in [1.82, 2.24) is 0 Å². The number of benzene rings is 1. The van der Waals surface area contributed by atoms with Crippen LogP contribution in [0.5, 0.6) is 0 Å². The van der Waals surface area contributed by atoms with Crippen LogP contribution >= 0.6 is 15.9 Å². The summed E-state index contributed by atoms with van der Waals surface area (Å²) in [6, 6.07) is 4.70. The van der Waals surface area contributed by atoms with Gasteiger partial charge >= 0.3 is 0 Å². The van der Waals surface area contributed by atoms with Crippen molar-refractivity contribution in [3.8, 4) is 0 Å². The Morgan fingerprint density at radius 2 is 2.15 bits per heavy atom. The Kier molecular flexibility index (Phi) is 5.90. The first kappa shape index (κ1) is 16.9. The van der Waals surface area contributed by atoms with Crippen LogP contribution in [0.4, 0.5) is 11.4 Å². The maximum Gasteiger partial charge on any atom is 0.278 e. The quantitative estimate of drug-likeness (QED) is 0.439. The number of nitro groups is 1. The molecule has 0 saturated heterocycles. The normalized spacial score (nSPS) is 11.3. The van der Waals surface area contributed by atoms with E-state index in [1.807, 2.05) is 0 Å². The molecule has 1 radical (unpaired) electrons. The molecular formula is C11H14BrN2O5S. The minimum atomic E-state index is -3.63. The number of halogens is 1. The monoisotopic (exact) mass is 365 g/mol. The average molecular weight is 366 g/mol. The number of nitro benzene ring substituents is 1. The molecule has 1 rings (SSSR count). The van der Waals surface area contributed by atoms with Crippen molar-refractivity contribution in [2.24, 2.45) is 0 Å². The molecule has 0 heterocycles. The molecule has 111 valence electrons. The summed E-state index contributed by atoms with van der Waals surface area (Å²) in [5.41, 5.74) is -0.108. The van der Waals surface area contributed by atoms with E-state index in [2.05, 4.69) is 22.0 Å². The summed E-state index contributed by atoms with van der Waals surface area (Å²) in [7, 11) is -3.63. The smallest absolute Gasteiger partial charge is 0.278 e. The van der Waals surface area contributed by atoms with Gasteiger partial charge in [0.1, 0.15) is 0 Å². The van der Waals surface area contributed by atoms with Gasteiger partial charge in [-0.25, -0.2) is 8.42 Å². The first-order chi connectivity index (χ1) is 9.31. The van der Waals surface area contributed by atoms with E-state index < -0.39 is 20.4 Å². The zero-order valence-corrected chi connectivity index (χ0v) is 13.1. The fourth-order valence-electron chi connectivity index (χ4n) is 1.68. The van der Waals surface area contributed by atoms with Crippen LogP contribution in [-0.4, -0.2) is 49.7 Å². The van der Waals surface area contributed by atoms with E-state index in [4.69, 9.17) is 5.11 Å². The number of non-ortho nitro benzene ring substituents is 1. The summed E-state index contributed by atoms with van der Waals surface area (Å²) in [6.07, 6.45) is 0.987. The second-order valence-electron chi connectivity index (χ2n) is 4.00. The Morgan fingerprint density at radius 3 is 2.60 bits per heavy atom. The molecule has 1 aromatic carbocycles. The number of alkyl halides is 1. The van der Waals surface area contributed by atoms with Crippen LogP contribution in [0.15, 0.2) is 17.0 Å². The van der Waals surface area contributed by atoms with Gasteiger partial charge in [0.05, 0.1) is 28.2 Å². The van der Waals surface area contributed by atoms with Gasteiger partial charge < -0.3 is 10.0 Å². The summed E-state index contributed by atoms with van der Waals surface area (Å²) >= 11 is 3.24. The lowest BCUT2D eigenvalue weighted by Gasteiger charge is -2.24. The number of anilines is 1. The van der Waals surface area contributed by atoms with E-state index in [0.29, 0.717) is 17.6 Å². The Balaban J connectivity index is 3.40. The molecule has 0 bridgehead atoms. The highest BCUT2D eigenvalue weighted by atomic mass is 79.9. The molecule has 0 unspecified atom stereocenters. The van der Waals surface area contributed by atoms with Gasteiger partial charge in [-0.05, 0) is 6.07 Å². The van der Waals surface area contributed by atoms with Gasteiger partial charge in [0.15, 0.2) is 9.84 Å². The summed E-state index contributed by atoms with van der Waals surface area (Å²) in [4.78, 5) is 11.5. The molecule has 0 saturated carbocycles. The van der Waals surface area contributed by atoms with Crippen LogP contribution < -0.4 is 4.90 Å². The van der Waals surface area contributed by atoms with Gasteiger partial charge in [-0.2, -0.15) is 0 Å². The highest BCUT2D eigenvalue weighted by Crippen LogP contribution is 2.29. The van der Waals surface area contributed by atoms with Crippen LogP contribution in [0.1, 0.15) is 0 Å². The molecule has 1 aromatic rings. The third-order valence-corrected chi connectivity index (χ3v) is 4.02. The van der Waals surface area contributed by atoms with Crippen molar-refractivity contribution in [3.05, 3.63) is 28.3 Å². The van der Waals surface area contributed by atoms with Crippen molar-refractivity contribution in [2.45, 2.75) is 4.90 Å². The Bertz CT molecular complexity index is 584. The van der Waals surface area contributed by atoms with Gasteiger partial charge in [-0.1, -0.05) is 15.9 Å². The van der Waals surface area contributed by atoms with Crippen molar-refractivity contribution >= 4 is 37.1 Å². The van der Waals surface area contributed by atoms with Gasteiger partial charge in [-0.3, -0.25) is 10.1 Å². The fourth-order valence-corrected chi connectivity index (χ4v) is 3.00.